The van der Waals surface area contributed by atoms with E-state index >= 15 is 0 Å². The molecule has 0 spiro atoms. The smallest absolute Gasteiger partial charge is 0.160 e. The highest BCUT2D eigenvalue weighted by molar-refractivity contribution is 6.10. The summed E-state index contributed by atoms with van der Waals surface area (Å²) in [7, 11) is 0. The molecule has 7 aromatic carbocycles. The summed E-state index contributed by atoms with van der Waals surface area (Å²) in [5.74, 6) is 0.706. The van der Waals surface area contributed by atoms with E-state index in [9.17, 15) is 0 Å². The Hall–Kier alpha value is -7.56. The SMILES string of the molecule is c1ccc(-c2cc(-c3ccc(-c4cccc(-c5cc(-c6ccccc6)nc6c5ccc5ccc(-c7ccccc7)nc56)c4)cc3)nc(-c3ccccc3)n2)cc1. The van der Waals surface area contributed by atoms with Gasteiger partial charge in [0, 0.05) is 38.6 Å². The van der Waals surface area contributed by atoms with Crippen molar-refractivity contribution >= 4 is 21.8 Å². The minimum Gasteiger partial charge on any atom is -0.245 e. The van der Waals surface area contributed by atoms with Crippen LogP contribution in [0, 0.1) is 0 Å². The number of nitrogens with zero attached hydrogens (tertiary/aromatic N) is 4. The summed E-state index contributed by atoms with van der Waals surface area (Å²) in [5, 5.41) is 2.12. The molecule has 0 radical (unpaired) electrons. The first kappa shape index (κ1) is 33.0. The van der Waals surface area contributed by atoms with E-state index in [0.29, 0.717) is 5.82 Å². The number of benzene rings is 7. The summed E-state index contributed by atoms with van der Waals surface area (Å²) in [4.78, 5) is 20.5. The minimum atomic E-state index is 0.706. The van der Waals surface area contributed by atoms with Gasteiger partial charge in [0.2, 0.25) is 0 Å². The number of fused-ring (bicyclic) bond motifs is 3. The minimum absolute atomic E-state index is 0.706. The van der Waals surface area contributed by atoms with Gasteiger partial charge in [-0.2, -0.15) is 0 Å². The molecule has 0 aliphatic carbocycles. The fourth-order valence-electron chi connectivity index (χ4n) is 7.40. The molecule has 0 fully saturated rings. The Morgan fingerprint density at radius 3 is 1.34 bits per heavy atom. The molecule has 0 unspecified atom stereocenters. The molecule has 3 aromatic heterocycles. The molecule has 0 saturated carbocycles. The largest absolute Gasteiger partial charge is 0.245 e. The van der Waals surface area contributed by atoms with E-state index in [0.717, 1.165) is 94.7 Å². The summed E-state index contributed by atoms with van der Waals surface area (Å²) in [6.45, 7) is 0. The second-order valence-electron chi connectivity index (χ2n) is 13.9. The van der Waals surface area contributed by atoms with E-state index in [1.165, 1.54) is 0 Å². The average Bonchev–Trinajstić information content (AvgIpc) is 3.29. The molecule has 56 heavy (non-hydrogen) atoms. The van der Waals surface area contributed by atoms with Crippen LogP contribution in [0.25, 0.3) is 100 Å². The number of hydrogen-bond acceptors (Lipinski definition) is 4. The van der Waals surface area contributed by atoms with E-state index in [4.69, 9.17) is 19.9 Å². The third-order valence-corrected chi connectivity index (χ3v) is 10.3. The highest BCUT2D eigenvalue weighted by atomic mass is 14.9. The van der Waals surface area contributed by atoms with Gasteiger partial charge in [-0.15, -0.1) is 0 Å². The Balaban J connectivity index is 1.07. The quantitative estimate of drug-likeness (QED) is 0.154. The van der Waals surface area contributed by atoms with Gasteiger partial charge in [0.25, 0.3) is 0 Å². The molecular formula is C52H34N4. The Morgan fingerprint density at radius 2 is 0.714 bits per heavy atom. The van der Waals surface area contributed by atoms with E-state index in [-0.39, 0.29) is 0 Å². The summed E-state index contributed by atoms with van der Waals surface area (Å²) in [5.41, 5.74) is 15.1. The third kappa shape index (κ3) is 6.40. The van der Waals surface area contributed by atoms with Gasteiger partial charge in [-0.1, -0.05) is 182 Å². The molecule has 10 aromatic rings. The molecule has 4 nitrogen and oxygen atoms in total. The maximum Gasteiger partial charge on any atom is 0.160 e. The van der Waals surface area contributed by atoms with E-state index in [2.05, 4.69) is 146 Å². The molecule has 0 saturated heterocycles. The van der Waals surface area contributed by atoms with Crippen LogP contribution >= 0.6 is 0 Å². The van der Waals surface area contributed by atoms with Crippen LogP contribution in [-0.2, 0) is 0 Å². The van der Waals surface area contributed by atoms with Gasteiger partial charge in [-0.05, 0) is 46.5 Å². The van der Waals surface area contributed by atoms with E-state index in [1.54, 1.807) is 0 Å². The first-order valence-electron chi connectivity index (χ1n) is 18.8. The number of hydrogen-bond donors (Lipinski definition) is 0. The summed E-state index contributed by atoms with van der Waals surface area (Å²) in [6.07, 6.45) is 0. The van der Waals surface area contributed by atoms with Crippen molar-refractivity contribution < 1.29 is 0 Å². The lowest BCUT2D eigenvalue weighted by atomic mass is 9.94. The van der Waals surface area contributed by atoms with E-state index < -0.39 is 0 Å². The molecule has 262 valence electrons. The monoisotopic (exact) mass is 714 g/mol. The van der Waals surface area contributed by atoms with Crippen molar-refractivity contribution in [2.75, 3.05) is 0 Å². The zero-order valence-corrected chi connectivity index (χ0v) is 30.4. The molecular weight excluding hydrogens is 681 g/mol. The van der Waals surface area contributed by atoms with Crippen LogP contribution in [0.5, 0.6) is 0 Å². The molecule has 4 heteroatoms. The highest BCUT2D eigenvalue weighted by Crippen LogP contribution is 2.38. The Kier molecular flexibility index (Phi) is 8.47. The maximum atomic E-state index is 5.29. The predicted octanol–water partition coefficient (Wildman–Crippen LogP) is 13.2. The summed E-state index contributed by atoms with van der Waals surface area (Å²) in [6, 6.07) is 71.6. The highest BCUT2D eigenvalue weighted by Gasteiger charge is 2.16. The Labute approximate surface area is 325 Å². The number of aromatic nitrogens is 4. The van der Waals surface area contributed by atoms with Crippen molar-refractivity contribution in [3.63, 3.8) is 0 Å². The van der Waals surface area contributed by atoms with Crippen LogP contribution in [0.4, 0.5) is 0 Å². The van der Waals surface area contributed by atoms with Crippen molar-refractivity contribution in [3.05, 3.63) is 206 Å². The predicted molar refractivity (Wildman–Crippen MR) is 231 cm³/mol. The van der Waals surface area contributed by atoms with Crippen LogP contribution in [0.2, 0.25) is 0 Å². The van der Waals surface area contributed by atoms with Crippen LogP contribution in [0.3, 0.4) is 0 Å². The van der Waals surface area contributed by atoms with Crippen LogP contribution in [0.1, 0.15) is 0 Å². The van der Waals surface area contributed by atoms with Crippen LogP contribution in [0.15, 0.2) is 206 Å². The third-order valence-electron chi connectivity index (χ3n) is 10.3. The lowest BCUT2D eigenvalue weighted by Crippen LogP contribution is -1.95. The van der Waals surface area contributed by atoms with Gasteiger partial charge in [-0.25, -0.2) is 19.9 Å². The summed E-state index contributed by atoms with van der Waals surface area (Å²) < 4.78 is 0. The van der Waals surface area contributed by atoms with Crippen molar-refractivity contribution in [1.82, 2.24) is 19.9 Å². The lowest BCUT2D eigenvalue weighted by Gasteiger charge is -2.14. The molecule has 0 aliphatic rings. The zero-order chi connectivity index (χ0) is 37.3. The Bertz CT molecular complexity index is 2930. The van der Waals surface area contributed by atoms with Gasteiger partial charge in [0.05, 0.1) is 33.8 Å². The number of pyridine rings is 2. The second kappa shape index (κ2) is 14.3. The molecule has 10 rings (SSSR count). The molecule has 0 aliphatic heterocycles. The number of rotatable bonds is 7. The molecule has 0 atom stereocenters. The second-order valence-corrected chi connectivity index (χ2v) is 13.9. The fourth-order valence-corrected chi connectivity index (χ4v) is 7.40. The average molecular weight is 715 g/mol. The molecule has 3 heterocycles. The van der Waals surface area contributed by atoms with Gasteiger partial charge in [0.1, 0.15) is 0 Å². The van der Waals surface area contributed by atoms with Crippen LogP contribution in [-0.4, -0.2) is 19.9 Å². The van der Waals surface area contributed by atoms with Gasteiger partial charge < -0.3 is 0 Å². The normalized spacial score (nSPS) is 11.2. The van der Waals surface area contributed by atoms with Gasteiger partial charge in [0.15, 0.2) is 5.82 Å². The lowest BCUT2D eigenvalue weighted by molar-refractivity contribution is 1.18. The molecule has 0 N–H and O–H groups in total. The zero-order valence-electron chi connectivity index (χ0n) is 30.4. The fraction of sp³-hybridized carbons (Fsp3) is 0. The van der Waals surface area contributed by atoms with Crippen LogP contribution < -0.4 is 0 Å². The first-order valence-corrected chi connectivity index (χ1v) is 18.8. The van der Waals surface area contributed by atoms with Crippen molar-refractivity contribution in [3.8, 4) is 78.7 Å². The first-order chi connectivity index (χ1) is 27.7. The standard InChI is InChI=1S/C52H34N4/c1-5-14-36(15-6-1)46-31-29-40-28-30-44-45(33-47(37-16-7-2-8-17-37)54-51(44)50(40)53-46)43-23-13-22-42(32-43)35-24-26-39(27-25-35)49-34-48(38-18-9-3-10-19-38)55-52(56-49)41-20-11-4-12-21-41/h1-34H. The van der Waals surface area contributed by atoms with Crippen molar-refractivity contribution in [1.29, 1.82) is 0 Å². The summed E-state index contributed by atoms with van der Waals surface area (Å²) >= 11 is 0. The maximum absolute atomic E-state index is 5.29. The van der Waals surface area contributed by atoms with Crippen molar-refractivity contribution in [2.24, 2.45) is 0 Å². The van der Waals surface area contributed by atoms with E-state index in [1.807, 2.05) is 60.7 Å². The molecule has 0 bridgehead atoms. The van der Waals surface area contributed by atoms with Gasteiger partial charge >= 0.3 is 0 Å². The topological polar surface area (TPSA) is 51.6 Å². The van der Waals surface area contributed by atoms with Gasteiger partial charge in [-0.3, -0.25) is 0 Å². The van der Waals surface area contributed by atoms with Crippen molar-refractivity contribution in [2.45, 2.75) is 0 Å². The molecule has 0 amide bonds. The Morgan fingerprint density at radius 1 is 0.250 bits per heavy atom.